The summed E-state index contributed by atoms with van der Waals surface area (Å²) in [5.74, 6) is -2.14. The molecule has 0 saturated carbocycles. The van der Waals surface area contributed by atoms with E-state index in [1.54, 1.807) is 62.8 Å². The Morgan fingerprint density at radius 2 is 1.46 bits per heavy atom. The van der Waals surface area contributed by atoms with E-state index in [4.69, 9.17) is 9.47 Å². The van der Waals surface area contributed by atoms with Gasteiger partial charge in [-0.2, -0.15) is 0 Å². The van der Waals surface area contributed by atoms with Gasteiger partial charge in [0, 0.05) is 0 Å². The molecular formula is C17H18N2O5. The maximum Gasteiger partial charge on any atom is 0.303 e. The molecule has 3 rings (SSSR count). The predicted octanol–water partition coefficient (Wildman–Crippen LogP) is 0.977. The Kier molecular flexibility index (Phi) is 4.15. The van der Waals surface area contributed by atoms with Gasteiger partial charge in [0.05, 0.1) is 19.9 Å². The van der Waals surface area contributed by atoms with Gasteiger partial charge < -0.3 is 19.7 Å². The number of ether oxygens (including phenoxy) is 2. The van der Waals surface area contributed by atoms with Gasteiger partial charge in [-0.05, 0) is 42.0 Å². The minimum atomic E-state index is -2.56. The summed E-state index contributed by atoms with van der Waals surface area (Å²) in [7, 11) is 3.08. The second kappa shape index (κ2) is 6.12. The van der Waals surface area contributed by atoms with Gasteiger partial charge in [0.2, 0.25) is 0 Å². The van der Waals surface area contributed by atoms with Gasteiger partial charge in [-0.25, -0.2) is 10.4 Å². The number of carbonyl (C=O) groups is 1. The lowest BCUT2D eigenvalue weighted by atomic mass is 10.00. The summed E-state index contributed by atoms with van der Waals surface area (Å²) in [5.41, 5.74) is 3.86. The molecule has 1 fully saturated rings. The smallest absolute Gasteiger partial charge is 0.303 e. The molecule has 1 unspecified atom stereocenters. The molecule has 1 amide bonds. The molecule has 0 aliphatic carbocycles. The second-order valence-electron chi connectivity index (χ2n) is 5.40. The van der Waals surface area contributed by atoms with E-state index in [0.29, 0.717) is 22.7 Å². The molecule has 3 N–H and O–H groups in total. The third-order valence-corrected chi connectivity index (χ3v) is 3.96. The summed E-state index contributed by atoms with van der Waals surface area (Å²) < 4.78 is 10.2. The highest BCUT2D eigenvalue weighted by Gasteiger charge is 2.53. The zero-order valence-electron chi connectivity index (χ0n) is 13.3. The van der Waals surface area contributed by atoms with E-state index in [1.165, 1.54) is 0 Å². The number of rotatable bonds is 4. The monoisotopic (exact) mass is 330 g/mol. The molecule has 0 radical (unpaired) electrons. The van der Waals surface area contributed by atoms with Gasteiger partial charge in [0.25, 0.3) is 5.79 Å². The van der Waals surface area contributed by atoms with Crippen LogP contribution in [0.25, 0.3) is 0 Å². The van der Waals surface area contributed by atoms with Crippen molar-refractivity contribution < 1.29 is 24.5 Å². The zero-order chi connectivity index (χ0) is 17.3. The molecule has 7 nitrogen and oxygen atoms in total. The average molecular weight is 330 g/mol. The Bertz CT molecular complexity index is 728. The molecule has 1 atom stereocenters. The molecule has 0 bridgehead atoms. The number of amides is 1. The summed E-state index contributed by atoms with van der Waals surface area (Å²) in [6.07, 6.45) is 0. The molecule has 0 spiro atoms. The molecule has 2 aromatic carbocycles. The Balaban J connectivity index is 1.90. The lowest BCUT2D eigenvalue weighted by Gasteiger charge is -2.20. The van der Waals surface area contributed by atoms with Crippen LogP contribution in [-0.2, 0) is 4.79 Å². The molecule has 24 heavy (non-hydrogen) atoms. The van der Waals surface area contributed by atoms with Crippen LogP contribution in [-0.4, -0.2) is 36.1 Å². The summed E-state index contributed by atoms with van der Waals surface area (Å²) in [6, 6.07) is 12.4. The lowest BCUT2D eigenvalue weighted by molar-refractivity contribution is -0.182. The van der Waals surface area contributed by atoms with Crippen molar-refractivity contribution in [3.05, 3.63) is 54.1 Å². The second-order valence-corrected chi connectivity index (χ2v) is 5.40. The molecule has 0 aromatic heterocycles. The minimum Gasteiger partial charge on any atom is -0.497 e. The fraction of sp³-hybridized carbons (Fsp3) is 0.235. The lowest BCUT2D eigenvalue weighted by Crippen LogP contribution is -2.42. The highest BCUT2D eigenvalue weighted by atomic mass is 16.5. The maximum atomic E-state index is 12.4. The van der Waals surface area contributed by atoms with Gasteiger partial charge in [-0.1, -0.05) is 12.1 Å². The standard InChI is InChI=1S/C17H18N2O5/c1-23-13-7-3-11(4-8-13)15-17(21,22)16(20)19(18-15)12-5-9-14(24-2)10-6-12/h3-10,15,18,21-22H,1-2H3. The number of benzene rings is 2. The number of anilines is 1. The largest absolute Gasteiger partial charge is 0.497 e. The molecule has 2 aromatic rings. The molecule has 1 aliphatic rings. The van der Waals surface area contributed by atoms with Crippen molar-refractivity contribution >= 4 is 11.6 Å². The summed E-state index contributed by atoms with van der Waals surface area (Å²) >= 11 is 0. The van der Waals surface area contributed by atoms with Crippen molar-refractivity contribution in [3.63, 3.8) is 0 Å². The number of aliphatic hydroxyl groups is 2. The zero-order valence-corrected chi connectivity index (χ0v) is 13.3. The number of carbonyl (C=O) groups excluding carboxylic acids is 1. The maximum absolute atomic E-state index is 12.4. The Morgan fingerprint density at radius 1 is 0.958 bits per heavy atom. The number of hydrazine groups is 1. The SMILES string of the molecule is COc1ccc(C2NN(c3ccc(OC)cc3)C(=O)C2(O)O)cc1. The number of hydrogen-bond donors (Lipinski definition) is 3. The minimum absolute atomic E-state index is 0.476. The van der Waals surface area contributed by atoms with Crippen LogP contribution in [0.3, 0.4) is 0 Å². The summed E-state index contributed by atoms with van der Waals surface area (Å²) in [5, 5.41) is 21.7. The predicted molar refractivity (Wildman–Crippen MR) is 86.5 cm³/mol. The van der Waals surface area contributed by atoms with E-state index < -0.39 is 17.7 Å². The van der Waals surface area contributed by atoms with Crippen LogP contribution in [0.5, 0.6) is 11.5 Å². The Labute approximate surface area is 139 Å². The highest BCUT2D eigenvalue weighted by molar-refractivity contribution is 6.00. The van der Waals surface area contributed by atoms with Gasteiger partial charge in [0.1, 0.15) is 17.5 Å². The van der Waals surface area contributed by atoms with Crippen LogP contribution in [0.15, 0.2) is 48.5 Å². The van der Waals surface area contributed by atoms with Gasteiger partial charge >= 0.3 is 5.91 Å². The highest BCUT2D eigenvalue weighted by Crippen LogP contribution is 2.35. The molecule has 1 heterocycles. The third kappa shape index (κ3) is 2.69. The van der Waals surface area contributed by atoms with Crippen molar-refractivity contribution in [3.8, 4) is 11.5 Å². The topological polar surface area (TPSA) is 91.3 Å². The number of hydrogen-bond acceptors (Lipinski definition) is 6. The van der Waals surface area contributed by atoms with E-state index in [0.717, 1.165) is 5.01 Å². The van der Waals surface area contributed by atoms with Crippen LogP contribution in [0.1, 0.15) is 11.6 Å². The van der Waals surface area contributed by atoms with Crippen molar-refractivity contribution in [2.24, 2.45) is 0 Å². The van der Waals surface area contributed by atoms with Crippen LogP contribution >= 0.6 is 0 Å². The first kappa shape index (κ1) is 16.3. The van der Waals surface area contributed by atoms with Gasteiger partial charge in [0.15, 0.2) is 0 Å². The molecule has 7 heteroatoms. The number of methoxy groups -OCH3 is 2. The van der Waals surface area contributed by atoms with E-state index in [-0.39, 0.29) is 0 Å². The number of nitrogens with zero attached hydrogens (tertiary/aromatic N) is 1. The molecule has 1 saturated heterocycles. The Morgan fingerprint density at radius 3 is 1.96 bits per heavy atom. The average Bonchev–Trinajstić information content (AvgIpc) is 2.85. The fourth-order valence-corrected chi connectivity index (χ4v) is 2.59. The van der Waals surface area contributed by atoms with Crippen molar-refractivity contribution in [2.45, 2.75) is 11.8 Å². The van der Waals surface area contributed by atoms with E-state index >= 15 is 0 Å². The van der Waals surface area contributed by atoms with Crippen LogP contribution in [0.4, 0.5) is 5.69 Å². The van der Waals surface area contributed by atoms with Crippen molar-refractivity contribution in [2.75, 3.05) is 19.2 Å². The van der Waals surface area contributed by atoms with Crippen LogP contribution in [0.2, 0.25) is 0 Å². The molecule has 126 valence electrons. The van der Waals surface area contributed by atoms with Gasteiger partial charge in [-0.15, -0.1) is 0 Å². The third-order valence-electron chi connectivity index (χ3n) is 3.96. The van der Waals surface area contributed by atoms with Crippen LogP contribution < -0.4 is 19.9 Å². The summed E-state index contributed by atoms with van der Waals surface area (Å²) in [6.45, 7) is 0. The van der Waals surface area contributed by atoms with E-state index in [2.05, 4.69) is 5.43 Å². The quantitative estimate of drug-likeness (QED) is 0.724. The van der Waals surface area contributed by atoms with Crippen LogP contribution in [0, 0.1) is 0 Å². The normalized spacial score (nSPS) is 19.4. The van der Waals surface area contributed by atoms with Gasteiger partial charge in [-0.3, -0.25) is 4.79 Å². The van der Waals surface area contributed by atoms with E-state index in [9.17, 15) is 15.0 Å². The molecule has 1 aliphatic heterocycles. The van der Waals surface area contributed by atoms with Crippen molar-refractivity contribution in [1.82, 2.24) is 5.43 Å². The number of nitrogens with one attached hydrogen (secondary N) is 1. The Hall–Kier alpha value is -2.61. The van der Waals surface area contributed by atoms with Crippen molar-refractivity contribution in [1.29, 1.82) is 0 Å². The first-order valence-corrected chi connectivity index (χ1v) is 7.31. The first-order valence-electron chi connectivity index (χ1n) is 7.31. The fourth-order valence-electron chi connectivity index (χ4n) is 2.59. The molecular weight excluding hydrogens is 312 g/mol. The van der Waals surface area contributed by atoms with E-state index in [1.807, 2.05) is 0 Å². The summed E-state index contributed by atoms with van der Waals surface area (Å²) in [4.78, 5) is 12.4. The first-order chi connectivity index (χ1) is 11.5.